The van der Waals surface area contributed by atoms with Crippen LogP contribution in [0.3, 0.4) is 0 Å². The van der Waals surface area contributed by atoms with E-state index in [1.165, 1.54) is 11.3 Å². The van der Waals surface area contributed by atoms with Gasteiger partial charge in [0.05, 0.1) is 10.6 Å². The second-order valence-corrected chi connectivity index (χ2v) is 6.00. The molecule has 0 aromatic carbocycles. The smallest absolute Gasteiger partial charge is 0.141 e. The van der Waals surface area contributed by atoms with Crippen molar-refractivity contribution in [1.29, 1.82) is 0 Å². The van der Waals surface area contributed by atoms with Gasteiger partial charge < -0.3 is 10.5 Å². The number of pyridine rings is 2. The average Bonchev–Trinajstić information content (AvgIpc) is 3.04. The standard InChI is InChI=1S/C16H15N5OS/c1-10-6-7-17-15(8-10)20-14-5-3-4-12(19-14)13-9-18-16(23-13)11(2)21-22/h3-9,22H,1-2H3,(H,17,19,20)/b21-11+. The Kier molecular flexibility index (Phi) is 4.29. The third kappa shape index (κ3) is 3.51. The second kappa shape index (κ2) is 6.53. The number of anilines is 2. The highest BCUT2D eigenvalue weighted by Gasteiger charge is 2.09. The Labute approximate surface area is 137 Å². The van der Waals surface area contributed by atoms with Crippen LogP contribution in [0.15, 0.2) is 47.9 Å². The maximum Gasteiger partial charge on any atom is 0.141 e. The molecular weight excluding hydrogens is 310 g/mol. The molecule has 0 bridgehead atoms. The SMILES string of the molecule is C/C(=N\O)c1ncc(-c2cccc(Nc3cc(C)ccn3)n2)s1. The molecular formula is C16H15N5OS. The first-order valence-corrected chi connectivity index (χ1v) is 7.79. The predicted molar refractivity (Wildman–Crippen MR) is 91.6 cm³/mol. The van der Waals surface area contributed by atoms with Crippen LogP contribution in [0.25, 0.3) is 10.6 Å². The van der Waals surface area contributed by atoms with Crippen molar-refractivity contribution in [2.75, 3.05) is 5.32 Å². The lowest BCUT2D eigenvalue weighted by molar-refractivity contribution is 0.319. The van der Waals surface area contributed by atoms with Crippen molar-refractivity contribution in [3.63, 3.8) is 0 Å². The van der Waals surface area contributed by atoms with Crippen LogP contribution in [0, 0.1) is 6.92 Å². The predicted octanol–water partition coefficient (Wildman–Crippen LogP) is 3.85. The molecule has 3 aromatic heterocycles. The topological polar surface area (TPSA) is 83.3 Å². The van der Waals surface area contributed by atoms with Gasteiger partial charge in [0.15, 0.2) is 0 Å². The molecule has 0 spiro atoms. The molecule has 7 heteroatoms. The molecule has 0 amide bonds. The number of aromatic nitrogens is 3. The summed E-state index contributed by atoms with van der Waals surface area (Å²) in [6, 6.07) is 9.62. The largest absolute Gasteiger partial charge is 0.411 e. The summed E-state index contributed by atoms with van der Waals surface area (Å²) in [7, 11) is 0. The van der Waals surface area contributed by atoms with E-state index in [-0.39, 0.29) is 0 Å². The summed E-state index contributed by atoms with van der Waals surface area (Å²) >= 11 is 1.43. The first-order chi connectivity index (χ1) is 11.2. The quantitative estimate of drug-likeness (QED) is 0.432. The van der Waals surface area contributed by atoms with Crippen molar-refractivity contribution < 1.29 is 5.21 Å². The van der Waals surface area contributed by atoms with Crippen LogP contribution >= 0.6 is 11.3 Å². The molecule has 0 aliphatic rings. The summed E-state index contributed by atoms with van der Waals surface area (Å²) in [5, 5.41) is 15.9. The minimum absolute atomic E-state index is 0.486. The van der Waals surface area contributed by atoms with Gasteiger partial charge >= 0.3 is 0 Å². The fourth-order valence-corrected chi connectivity index (χ4v) is 2.81. The van der Waals surface area contributed by atoms with Crippen molar-refractivity contribution in [2.45, 2.75) is 13.8 Å². The molecule has 0 saturated carbocycles. The summed E-state index contributed by atoms with van der Waals surface area (Å²) in [6.45, 7) is 3.72. The summed E-state index contributed by atoms with van der Waals surface area (Å²) in [5.74, 6) is 1.46. The Morgan fingerprint density at radius 3 is 2.87 bits per heavy atom. The summed E-state index contributed by atoms with van der Waals surface area (Å²) in [5.41, 5.74) is 2.42. The molecule has 3 aromatic rings. The maximum atomic E-state index is 8.82. The van der Waals surface area contributed by atoms with Crippen LogP contribution in [-0.4, -0.2) is 25.9 Å². The fourth-order valence-electron chi connectivity index (χ4n) is 1.98. The average molecular weight is 325 g/mol. The summed E-state index contributed by atoms with van der Waals surface area (Å²) in [6.07, 6.45) is 3.49. The van der Waals surface area contributed by atoms with E-state index in [0.29, 0.717) is 16.5 Å². The van der Waals surface area contributed by atoms with Gasteiger partial charge in [-0.2, -0.15) is 0 Å². The molecule has 6 nitrogen and oxygen atoms in total. The minimum Gasteiger partial charge on any atom is -0.411 e. The van der Waals surface area contributed by atoms with E-state index in [1.807, 2.05) is 37.3 Å². The van der Waals surface area contributed by atoms with Gasteiger partial charge in [0.1, 0.15) is 22.4 Å². The van der Waals surface area contributed by atoms with Gasteiger partial charge in [0.2, 0.25) is 0 Å². The number of rotatable bonds is 4. The Morgan fingerprint density at radius 2 is 2.09 bits per heavy atom. The lowest BCUT2D eigenvalue weighted by Gasteiger charge is -2.06. The number of hydrogen-bond donors (Lipinski definition) is 2. The highest BCUT2D eigenvalue weighted by molar-refractivity contribution is 7.17. The van der Waals surface area contributed by atoms with Gasteiger partial charge in [0, 0.05) is 12.4 Å². The number of oxime groups is 1. The molecule has 0 saturated heterocycles. The Morgan fingerprint density at radius 1 is 1.22 bits per heavy atom. The van der Waals surface area contributed by atoms with Crippen LogP contribution in [0.4, 0.5) is 11.6 Å². The number of nitrogens with zero attached hydrogens (tertiary/aromatic N) is 4. The Hall–Kier alpha value is -2.80. The molecule has 0 aliphatic heterocycles. The highest BCUT2D eigenvalue weighted by Crippen LogP contribution is 2.26. The van der Waals surface area contributed by atoms with Crippen molar-refractivity contribution in [3.8, 4) is 10.6 Å². The third-order valence-corrected chi connectivity index (χ3v) is 4.27. The normalized spacial score (nSPS) is 11.5. The zero-order valence-electron chi connectivity index (χ0n) is 12.7. The van der Waals surface area contributed by atoms with E-state index in [4.69, 9.17) is 5.21 Å². The van der Waals surface area contributed by atoms with Crippen molar-refractivity contribution >= 4 is 28.7 Å². The molecule has 0 unspecified atom stereocenters. The van der Waals surface area contributed by atoms with Crippen molar-refractivity contribution in [2.24, 2.45) is 5.16 Å². The molecule has 3 rings (SSSR count). The van der Waals surface area contributed by atoms with Crippen molar-refractivity contribution in [3.05, 3.63) is 53.3 Å². The molecule has 0 aliphatic carbocycles. The maximum absolute atomic E-state index is 8.82. The Bertz CT molecular complexity index is 859. The van der Waals surface area contributed by atoms with E-state index >= 15 is 0 Å². The summed E-state index contributed by atoms with van der Waals surface area (Å²) in [4.78, 5) is 14.0. The Balaban J connectivity index is 1.86. The van der Waals surface area contributed by atoms with E-state index in [0.717, 1.165) is 22.0 Å². The number of thiazole rings is 1. The first-order valence-electron chi connectivity index (χ1n) is 6.97. The monoisotopic (exact) mass is 325 g/mol. The van der Waals surface area contributed by atoms with E-state index < -0.39 is 0 Å². The molecule has 116 valence electrons. The molecule has 0 fully saturated rings. The third-order valence-electron chi connectivity index (χ3n) is 3.14. The highest BCUT2D eigenvalue weighted by atomic mass is 32.1. The van der Waals surface area contributed by atoms with Crippen LogP contribution < -0.4 is 5.32 Å². The van der Waals surface area contributed by atoms with Gasteiger partial charge in [-0.15, -0.1) is 11.3 Å². The van der Waals surface area contributed by atoms with Crippen LogP contribution in [0.2, 0.25) is 0 Å². The lowest BCUT2D eigenvalue weighted by atomic mass is 10.3. The van der Waals surface area contributed by atoms with Gasteiger partial charge in [-0.05, 0) is 43.7 Å². The van der Waals surface area contributed by atoms with Crippen LogP contribution in [-0.2, 0) is 0 Å². The molecule has 23 heavy (non-hydrogen) atoms. The second-order valence-electron chi connectivity index (χ2n) is 4.97. The minimum atomic E-state index is 0.486. The zero-order valence-corrected chi connectivity index (χ0v) is 13.5. The first kappa shape index (κ1) is 15.1. The molecule has 3 heterocycles. The van der Waals surface area contributed by atoms with Gasteiger partial charge in [0.25, 0.3) is 0 Å². The number of aryl methyl sites for hydroxylation is 1. The zero-order chi connectivity index (χ0) is 16.2. The van der Waals surface area contributed by atoms with E-state index in [9.17, 15) is 0 Å². The summed E-state index contributed by atoms with van der Waals surface area (Å²) < 4.78 is 0. The number of nitrogens with one attached hydrogen (secondary N) is 1. The molecule has 0 radical (unpaired) electrons. The number of hydrogen-bond acceptors (Lipinski definition) is 7. The van der Waals surface area contributed by atoms with Gasteiger partial charge in [-0.3, -0.25) is 0 Å². The van der Waals surface area contributed by atoms with E-state index in [2.05, 4.69) is 25.4 Å². The van der Waals surface area contributed by atoms with Crippen molar-refractivity contribution in [1.82, 2.24) is 15.0 Å². The van der Waals surface area contributed by atoms with Gasteiger partial charge in [-0.25, -0.2) is 15.0 Å². The van der Waals surface area contributed by atoms with Crippen LogP contribution in [0.1, 0.15) is 17.5 Å². The van der Waals surface area contributed by atoms with Gasteiger partial charge in [-0.1, -0.05) is 11.2 Å². The van der Waals surface area contributed by atoms with Crippen LogP contribution in [0.5, 0.6) is 0 Å². The molecule has 0 atom stereocenters. The van der Waals surface area contributed by atoms with E-state index in [1.54, 1.807) is 19.3 Å². The lowest BCUT2D eigenvalue weighted by Crippen LogP contribution is -1.96. The fraction of sp³-hybridized carbons (Fsp3) is 0.125. The molecule has 2 N–H and O–H groups in total.